The molecule has 2 heterocycles. The fraction of sp³-hybridized carbons (Fsp3) is 0.545. The molecule has 84 valence electrons. The van der Waals surface area contributed by atoms with E-state index in [2.05, 4.69) is 15.3 Å². The van der Waals surface area contributed by atoms with Gasteiger partial charge in [0.15, 0.2) is 0 Å². The standard InChI is InChI=1S/C11H14N4O/c1-8-5-9(6-12)15-11(14-8)13-7-10-3-2-4-16-10/h5,10H,2-4,7H2,1H3,(H,13,14,15). The average Bonchev–Trinajstić information content (AvgIpc) is 2.78. The van der Waals surface area contributed by atoms with Gasteiger partial charge in [-0.1, -0.05) is 0 Å². The zero-order valence-electron chi connectivity index (χ0n) is 9.23. The summed E-state index contributed by atoms with van der Waals surface area (Å²) in [5.41, 5.74) is 1.18. The minimum atomic E-state index is 0.245. The summed E-state index contributed by atoms with van der Waals surface area (Å²) in [6.45, 7) is 3.39. The van der Waals surface area contributed by atoms with Gasteiger partial charge < -0.3 is 10.1 Å². The van der Waals surface area contributed by atoms with Crippen molar-refractivity contribution in [1.82, 2.24) is 9.97 Å². The van der Waals surface area contributed by atoms with Crippen molar-refractivity contribution < 1.29 is 4.74 Å². The second kappa shape index (κ2) is 4.90. The monoisotopic (exact) mass is 218 g/mol. The fourth-order valence-corrected chi connectivity index (χ4v) is 1.72. The lowest BCUT2D eigenvalue weighted by atomic mass is 10.2. The molecule has 5 heteroatoms. The molecule has 0 bridgehead atoms. The minimum Gasteiger partial charge on any atom is -0.376 e. The number of ether oxygens (including phenoxy) is 1. The molecule has 0 amide bonds. The highest BCUT2D eigenvalue weighted by Crippen LogP contribution is 2.12. The van der Waals surface area contributed by atoms with Crippen molar-refractivity contribution in [2.75, 3.05) is 18.5 Å². The Bertz CT molecular complexity index is 407. The fourth-order valence-electron chi connectivity index (χ4n) is 1.72. The number of hydrogen-bond donors (Lipinski definition) is 1. The van der Waals surface area contributed by atoms with Crippen molar-refractivity contribution >= 4 is 5.95 Å². The highest BCUT2D eigenvalue weighted by molar-refractivity contribution is 5.33. The highest BCUT2D eigenvalue weighted by Gasteiger charge is 2.15. The molecule has 1 aliphatic rings. The lowest BCUT2D eigenvalue weighted by Gasteiger charge is -2.10. The molecule has 5 nitrogen and oxygen atoms in total. The van der Waals surface area contributed by atoms with Gasteiger partial charge in [0.2, 0.25) is 5.95 Å². The summed E-state index contributed by atoms with van der Waals surface area (Å²) in [7, 11) is 0. The smallest absolute Gasteiger partial charge is 0.224 e. The molecule has 1 atom stereocenters. The molecule has 0 spiro atoms. The second-order valence-corrected chi connectivity index (χ2v) is 3.85. The second-order valence-electron chi connectivity index (χ2n) is 3.85. The summed E-state index contributed by atoms with van der Waals surface area (Å²) in [5, 5.41) is 11.9. The molecule has 0 aliphatic carbocycles. The van der Waals surface area contributed by atoms with Gasteiger partial charge in [0.05, 0.1) is 6.10 Å². The molecule has 0 aromatic carbocycles. The number of nitrogens with one attached hydrogen (secondary N) is 1. The van der Waals surface area contributed by atoms with Gasteiger partial charge >= 0.3 is 0 Å². The van der Waals surface area contributed by atoms with Gasteiger partial charge in [-0.05, 0) is 25.8 Å². The Balaban J connectivity index is 1.98. The van der Waals surface area contributed by atoms with Crippen LogP contribution in [0.15, 0.2) is 6.07 Å². The van der Waals surface area contributed by atoms with Crippen molar-refractivity contribution in [1.29, 1.82) is 5.26 Å². The normalized spacial score (nSPS) is 19.4. The molecule has 1 aliphatic heterocycles. The first-order valence-electron chi connectivity index (χ1n) is 5.39. The Morgan fingerprint density at radius 2 is 2.50 bits per heavy atom. The summed E-state index contributed by atoms with van der Waals surface area (Å²) in [6.07, 6.45) is 2.43. The van der Waals surface area contributed by atoms with Crippen LogP contribution in [-0.4, -0.2) is 29.2 Å². The molecule has 1 N–H and O–H groups in total. The van der Waals surface area contributed by atoms with Crippen molar-refractivity contribution in [3.05, 3.63) is 17.5 Å². The van der Waals surface area contributed by atoms with E-state index in [0.717, 1.165) is 25.1 Å². The van der Waals surface area contributed by atoms with E-state index in [0.29, 0.717) is 18.2 Å². The molecule has 1 aromatic heterocycles. The number of anilines is 1. The first-order valence-corrected chi connectivity index (χ1v) is 5.39. The van der Waals surface area contributed by atoms with E-state index in [1.54, 1.807) is 6.07 Å². The van der Waals surface area contributed by atoms with Gasteiger partial charge in [0.25, 0.3) is 0 Å². The summed E-state index contributed by atoms with van der Waals surface area (Å²) >= 11 is 0. The van der Waals surface area contributed by atoms with Crippen LogP contribution in [0.5, 0.6) is 0 Å². The molecule has 16 heavy (non-hydrogen) atoms. The van der Waals surface area contributed by atoms with Crippen LogP contribution in [0.2, 0.25) is 0 Å². The van der Waals surface area contributed by atoms with Crippen molar-refractivity contribution in [2.45, 2.75) is 25.9 Å². The Hall–Kier alpha value is -1.67. The molecule has 1 saturated heterocycles. The first-order chi connectivity index (χ1) is 7.78. The number of rotatable bonds is 3. The van der Waals surface area contributed by atoms with Crippen LogP contribution < -0.4 is 5.32 Å². The van der Waals surface area contributed by atoms with E-state index in [4.69, 9.17) is 10.00 Å². The Morgan fingerprint density at radius 1 is 1.62 bits per heavy atom. The van der Waals surface area contributed by atoms with Gasteiger partial charge in [-0.25, -0.2) is 9.97 Å². The number of nitriles is 1. The van der Waals surface area contributed by atoms with Crippen LogP contribution in [0.3, 0.4) is 0 Å². The third-order valence-corrected chi connectivity index (χ3v) is 2.48. The molecule has 2 rings (SSSR count). The van der Waals surface area contributed by atoms with Crippen LogP contribution in [0.1, 0.15) is 24.2 Å². The van der Waals surface area contributed by atoms with E-state index in [1.807, 2.05) is 13.0 Å². The lowest BCUT2D eigenvalue weighted by molar-refractivity contribution is 0.120. The molecule has 1 aromatic rings. The third-order valence-electron chi connectivity index (χ3n) is 2.48. The van der Waals surface area contributed by atoms with Gasteiger partial charge in [-0.15, -0.1) is 0 Å². The average molecular weight is 218 g/mol. The summed E-state index contributed by atoms with van der Waals surface area (Å²) < 4.78 is 5.48. The predicted molar refractivity (Wildman–Crippen MR) is 58.9 cm³/mol. The zero-order chi connectivity index (χ0) is 11.4. The Labute approximate surface area is 94.5 Å². The van der Waals surface area contributed by atoms with E-state index >= 15 is 0 Å². The van der Waals surface area contributed by atoms with Crippen molar-refractivity contribution in [3.63, 3.8) is 0 Å². The number of hydrogen-bond acceptors (Lipinski definition) is 5. The van der Waals surface area contributed by atoms with E-state index in [9.17, 15) is 0 Å². The first kappa shape index (κ1) is 10.8. The molecule has 0 radical (unpaired) electrons. The largest absolute Gasteiger partial charge is 0.376 e. The summed E-state index contributed by atoms with van der Waals surface area (Å²) in [5.74, 6) is 0.507. The number of aryl methyl sites for hydroxylation is 1. The van der Waals surface area contributed by atoms with Crippen LogP contribution in [0, 0.1) is 18.3 Å². The van der Waals surface area contributed by atoms with Gasteiger partial charge in [0.1, 0.15) is 11.8 Å². The van der Waals surface area contributed by atoms with Crippen LogP contribution in [-0.2, 0) is 4.74 Å². The van der Waals surface area contributed by atoms with Gasteiger partial charge in [-0.2, -0.15) is 5.26 Å². The van der Waals surface area contributed by atoms with E-state index in [1.165, 1.54) is 0 Å². The van der Waals surface area contributed by atoms with Crippen molar-refractivity contribution in [3.8, 4) is 6.07 Å². The van der Waals surface area contributed by atoms with Crippen LogP contribution in [0.4, 0.5) is 5.95 Å². The maximum atomic E-state index is 8.77. The molecule has 1 unspecified atom stereocenters. The van der Waals surface area contributed by atoms with E-state index in [-0.39, 0.29) is 6.10 Å². The SMILES string of the molecule is Cc1cc(C#N)nc(NCC2CCCO2)n1. The molecule has 1 fully saturated rings. The summed E-state index contributed by atoms with van der Waals surface area (Å²) in [6, 6.07) is 3.68. The molecular weight excluding hydrogens is 204 g/mol. The highest BCUT2D eigenvalue weighted by atomic mass is 16.5. The molecular formula is C11H14N4O. The molecule has 0 saturated carbocycles. The maximum absolute atomic E-state index is 8.77. The quantitative estimate of drug-likeness (QED) is 0.826. The number of nitrogens with zero attached hydrogens (tertiary/aromatic N) is 3. The predicted octanol–water partition coefficient (Wildman–Crippen LogP) is 1.25. The minimum absolute atomic E-state index is 0.245. The zero-order valence-corrected chi connectivity index (χ0v) is 9.23. The summed E-state index contributed by atoms with van der Waals surface area (Å²) in [4.78, 5) is 8.29. The lowest BCUT2D eigenvalue weighted by Crippen LogP contribution is -2.19. The van der Waals surface area contributed by atoms with Crippen LogP contribution in [0.25, 0.3) is 0 Å². The van der Waals surface area contributed by atoms with Gasteiger partial charge in [-0.3, -0.25) is 0 Å². The Morgan fingerprint density at radius 3 is 3.19 bits per heavy atom. The Kier molecular flexibility index (Phi) is 3.32. The van der Waals surface area contributed by atoms with Crippen LogP contribution >= 0.6 is 0 Å². The van der Waals surface area contributed by atoms with Crippen molar-refractivity contribution in [2.24, 2.45) is 0 Å². The van der Waals surface area contributed by atoms with Gasteiger partial charge in [0, 0.05) is 18.8 Å². The van der Waals surface area contributed by atoms with E-state index < -0.39 is 0 Å². The number of aromatic nitrogens is 2. The maximum Gasteiger partial charge on any atom is 0.224 e. The third kappa shape index (κ3) is 2.67. The topological polar surface area (TPSA) is 70.8 Å².